The van der Waals surface area contributed by atoms with Gasteiger partial charge in [0, 0.05) is 31.8 Å². The number of alkyl halides is 2. The molecule has 182 valence electrons. The molecule has 4 amide bonds. The molecule has 0 aliphatic carbocycles. The number of nitriles is 1. The van der Waals surface area contributed by atoms with E-state index in [-0.39, 0.29) is 43.0 Å². The minimum atomic E-state index is -3.02. The Bertz CT molecular complexity index is 1230. The van der Waals surface area contributed by atoms with Gasteiger partial charge in [0.2, 0.25) is 5.91 Å². The highest BCUT2D eigenvalue weighted by Crippen LogP contribution is 2.37. The summed E-state index contributed by atoms with van der Waals surface area (Å²) in [4.78, 5) is 42.9. The van der Waals surface area contributed by atoms with Crippen LogP contribution < -0.4 is 10.2 Å². The highest BCUT2D eigenvalue weighted by Gasteiger charge is 2.60. The van der Waals surface area contributed by atoms with E-state index in [9.17, 15) is 27.6 Å². The maximum atomic E-state index is 14.2. The van der Waals surface area contributed by atoms with Crippen LogP contribution in [-0.4, -0.2) is 59.9 Å². The monoisotopic (exact) mass is 485 g/mol. The Kier molecular flexibility index (Phi) is 5.92. The Morgan fingerprint density at radius 3 is 2.37 bits per heavy atom. The van der Waals surface area contributed by atoms with Gasteiger partial charge in [0.25, 0.3) is 11.8 Å². The van der Waals surface area contributed by atoms with Crippen LogP contribution in [0.1, 0.15) is 23.6 Å². The van der Waals surface area contributed by atoms with Crippen LogP contribution >= 0.6 is 0 Å². The van der Waals surface area contributed by atoms with E-state index in [0.717, 1.165) is 17.9 Å². The minimum Gasteiger partial charge on any atom is -0.341 e. The molecule has 35 heavy (non-hydrogen) atoms. The number of carbonyl (C=O) groups is 3. The van der Waals surface area contributed by atoms with Crippen LogP contribution in [-0.2, 0) is 22.1 Å². The van der Waals surface area contributed by atoms with Gasteiger partial charge in [0.15, 0.2) is 5.54 Å². The first-order chi connectivity index (χ1) is 16.5. The van der Waals surface area contributed by atoms with E-state index in [2.05, 4.69) is 5.32 Å². The molecule has 0 atom stereocenters. The van der Waals surface area contributed by atoms with Crippen LogP contribution in [0.2, 0.25) is 0 Å². The third-order valence-corrected chi connectivity index (χ3v) is 6.35. The van der Waals surface area contributed by atoms with Crippen molar-refractivity contribution in [3.8, 4) is 6.07 Å². The first kappa shape index (κ1) is 24.1. The fraction of sp³-hybridized carbons (Fsp3) is 0.333. The first-order valence-corrected chi connectivity index (χ1v) is 10.8. The molecule has 4 rings (SSSR count). The van der Waals surface area contributed by atoms with Gasteiger partial charge in [-0.25, -0.2) is 18.0 Å². The molecule has 0 unspecified atom stereocenters. The van der Waals surface area contributed by atoms with Crippen molar-refractivity contribution in [2.75, 3.05) is 31.6 Å². The number of amides is 4. The minimum absolute atomic E-state index is 0.0305. The second kappa shape index (κ2) is 8.61. The van der Waals surface area contributed by atoms with Crippen LogP contribution in [0.25, 0.3) is 0 Å². The zero-order valence-corrected chi connectivity index (χ0v) is 19.0. The maximum Gasteiger partial charge on any atom is 0.317 e. The van der Waals surface area contributed by atoms with Gasteiger partial charge in [-0.15, -0.1) is 0 Å². The molecule has 8 nitrogen and oxygen atoms in total. The Labute approximate surface area is 199 Å². The molecule has 0 bridgehead atoms. The Morgan fingerprint density at radius 1 is 1.17 bits per heavy atom. The van der Waals surface area contributed by atoms with Crippen molar-refractivity contribution in [1.82, 2.24) is 15.1 Å². The fourth-order valence-corrected chi connectivity index (χ4v) is 4.39. The highest BCUT2D eigenvalue weighted by atomic mass is 19.3. The number of halogens is 3. The number of benzene rings is 2. The average molecular weight is 485 g/mol. The van der Waals surface area contributed by atoms with Gasteiger partial charge in [-0.05, 0) is 23.8 Å². The Hall–Kier alpha value is -4.07. The summed E-state index contributed by atoms with van der Waals surface area (Å²) < 4.78 is 41.4. The van der Waals surface area contributed by atoms with E-state index in [0.29, 0.717) is 5.56 Å². The topological polar surface area (TPSA) is 96.7 Å². The molecular formula is C24H22F3N5O3. The predicted octanol–water partition coefficient (Wildman–Crippen LogP) is 2.58. The molecule has 2 heterocycles. The number of likely N-dealkylation sites (tertiary alicyclic amines) is 1. The summed E-state index contributed by atoms with van der Waals surface area (Å²) >= 11 is 0. The summed E-state index contributed by atoms with van der Waals surface area (Å²) in [6.45, 7) is 0.204. The lowest BCUT2D eigenvalue weighted by molar-refractivity contribution is -0.161. The second-order valence-electron chi connectivity index (χ2n) is 8.68. The largest absolute Gasteiger partial charge is 0.341 e. The number of anilines is 1. The van der Waals surface area contributed by atoms with Crippen molar-refractivity contribution in [2.45, 2.75) is 24.9 Å². The van der Waals surface area contributed by atoms with E-state index in [4.69, 9.17) is 5.26 Å². The van der Waals surface area contributed by atoms with Gasteiger partial charge in [0.1, 0.15) is 18.4 Å². The molecule has 0 radical (unpaired) electrons. The molecule has 2 aromatic carbocycles. The quantitative estimate of drug-likeness (QED) is 0.720. The SMILES string of the molecule is CNC(=O)N1CC2(C1)C(=O)N(c1ccc(C#N)c(F)c1)CC(=O)N2Cc1ccc(C(C)(F)F)cc1. The van der Waals surface area contributed by atoms with Gasteiger partial charge >= 0.3 is 6.03 Å². The fourth-order valence-electron chi connectivity index (χ4n) is 4.39. The first-order valence-electron chi connectivity index (χ1n) is 10.8. The molecule has 2 fully saturated rings. The van der Waals surface area contributed by atoms with Gasteiger partial charge in [-0.1, -0.05) is 24.3 Å². The normalized spacial score (nSPS) is 17.3. The average Bonchev–Trinajstić information content (AvgIpc) is 2.79. The summed E-state index contributed by atoms with van der Waals surface area (Å²) in [7, 11) is 1.44. The molecule has 2 saturated heterocycles. The van der Waals surface area contributed by atoms with E-state index < -0.39 is 35.1 Å². The van der Waals surface area contributed by atoms with Crippen molar-refractivity contribution in [3.63, 3.8) is 0 Å². The number of rotatable bonds is 4. The number of nitrogens with one attached hydrogen (secondary N) is 1. The number of piperazine rings is 1. The lowest BCUT2D eigenvalue weighted by Gasteiger charge is -2.57. The summed E-state index contributed by atoms with van der Waals surface area (Å²) in [5.41, 5.74) is -1.13. The Morgan fingerprint density at radius 2 is 1.83 bits per heavy atom. The van der Waals surface area contributed by atoms with Gasteiger partial charge in [-0.2, -0.15) is 5.26 Å². The molecule has 1 spiro atoms. The smallest absolute Gasteiger partial charge is 0.317 e. The van der Waals surface area contributed by atoms with E-state index >= 15 is 0 Å². The molecule has 11 heteroatoms. The van der Waals surface area contributed by atoms with Gasteiger partial charge < -0.3 is 20.0 Å². The predicted molar refractivity (Wildman–Crippen MR) is 119 cm³/mol. The number of carbonyl (C=O) groups excluding carboxylic acids is 3. The van der Waals surface area contributed by atoms with Crippen LogP contribution in [0.15, 0.2) is 42.5 Å². The van der Waals surface area contributed by atoms with Crippen molar-refractivity contribution < 1.29 is 27.6 Å². The third kappa shape index (κ3) is 4.16. The number of urea groups is 1. The molecule has 1 N–H and O–H groups in total. The van der Waals surface area contributed by atoms with E-state index in [1.807, 2.05) is 0 Å². The summed E-state index contributed by atoms with van der Waals surface area (Å²) in [6, 6.07) is 10.4. The zero-order valence-electron chi connectivity index (χ0n) is 19.0. The molecule has 2 aliphatic heterocycles. The van der Waals surface area contributed by atoms with Crippen molar-refractivity contribution in [3.05, 3.63) is 65.0 Å². The molecule has 0 saturated carbocycles. The standard InChI is InChI=1S/C24H22F3N5O3/c1-23(26,27)17-6-3-15(4-7-17)11-32-20(33)12-31(18-8-5-16(10-28)19(25)9-18)21(34)24(32)13-30(14-24)22(35)29-2/h3-9H,11-14H2,1-2H3,(H,29,35). The van der Waals surface area contributed by atoms with Crippen LogP contribution in [0.4, 0.5) is 23.7 Å². The molecule has 0 aromatic heterocycles. The van der Waals surface area contributed by atoms with Crippen molar-refractivity contribution >= 4 is 23.5 Å². The maximum absolute atomic E-state index is 14.2. The van der Waals surface area contributed by atoms with E-state index in [1.165, 1.54) is 53.2 Å². The van der Waals surface area contributed by atoms with E-state index in [1.54, 1.807) is 6.07 Å². The van der Waals surface area contributed by atoms with Gasteiger partial charge in [-0.3, -0.25) is 9.59 Å². The summed E-state index contributed by atoms with van der Waals surface area (Å²) in [6.07, 6.45) is 0. The number of nitrogens with zero attached hydrogens (tertiary/aromatic N) is 4. The van der Waals surface area contributed by atoms with Crippen molar-refractivity contribution in [1.29, 1.82) is 5.26 Å². The molecule has 2 aliphatic rings. The lowest BCUT2D eigenvalue weighted by atomic mass is 9.83. The highest BCUT2D eigenvalue weighted by molar-refractivity contribution is 6.10. The second-order valence-corrected chi connectivity index (χ2v) is 8.68. The third-order valence-electron chi connectivity index (χ3n) is 6.35. The Balaban J connectivity index is 1.66. The van der Waals surface area contributed by atoms with Gasteiger partial charge in [0.05, 0.1) is 18.7 Å². The van der Waals surface area contributed by atoms with Crippen LogP contribution in [0, 0.1) is 17.1 Å². The molecule has 2 aromatic rings. The lowest BCUT2D eigenvalue weighted by Crippen LogP contribution is -2.81. The summed E-state index contributed by atoms with van der Waals surface area (Å²) in [5, 5.41) is 11.4. The van der Waals surface area contributed by atoms with Crippen LogP contribution in [0.5, 0.6) is 0 Å². The van der Waals surface area contributed by atoms with Crippen LogP contribution in [0.3, 0.4) is 0 Å². The number of hydrogen-bond acceptors (Lipinski definition) is 4. The van der Waals surface area contributed by atoms with Crippen molar-refractivity contribution in [2.24, 2.45) is 0 Å². The zero-order chi connectivity index (χ0) is 25.5. The molecular weight excluding hydrogens is 463 g/mol. The number of hydrogen-bond donors (Lipinski definition) is 1. The summed E-state index contributed by atoms with van der Waals surface area (Å²) in [5.74, 6) is -4.79.